The summed E-state index contributed by atoms with van der Waals surface area (Å²) in [5.41, 5.74) is 1.10. The van der Waals surface area contributed by atoms with Crippen LogP contribution in [-0.2, 0) is 0 Å². The number of para-hydroxylation sites is 1. The molecule has 1 saturated carbocycles. The van der Waals surface area contributed by atoms with Gasteiger partial charge in [0.2, 0.25) is 5.95 Å². The van der Waals surface area contributed by atoms with Crippen molar-refractivity contribution in [2.24, 2.45) is 11.8 Å². The van der Waals surface area contributed by atoms with Gasteiger partial charge in [0.25, 0.3) is 0 Å². The Morgan fingerprint density at radius 2 is 1.94 bits per heavy atom. The highest BCUT2D eigenvalue weighted by Gasteiger charge is 2.43. The van der Waals surface area contributed by atoms with Gasteiger partial charge in [-0.05, 0) is 75.2 Å². The van der Waals surface area contributed by atoms with E-state index in [1.807, 2.05) is 28.9 Å². The molecule has 1 aromatic carbocycles. The molecule has 0 radical (unpaired) electrons. The highest BCUT2D eigenvalue weighted by molar-refractivity contribution is 7.10. The van der Waals surface area contributed by atoms with Gasteiger partial charge in [-0.2, -0.15) is 9.36 Å². The second kappa shape index (κ2) is 8.31. The smallest absolute Gasteiger partial charge is 0.322 e. The SMILES string of the molecule is Cc1cc(N2CC3CCC(C2)C3Nc2nc(Oc3ccccc3Cl)n(C(C)C)n2)sn1. The summed E-state index contributed by atoms with van der Waals surface area (Å²) in [6.45, 7) is 8.28. The molecule has 2 aromatic heterocycles. The minimum Gasteiger partial charge on any atom is -0.423 e. The van der Waals surface area contributed by atoms with Crippen LogP contribution < -0.4 is 15.0 Å². The van der Waals surface area contributed by atoms with Crippen LogP contribution in [0.25, 0.3) is 0 Å². The Morgan fingerprint density at radius 1 is 1.19 bits per heavy atom. The topological polar surface area (TPSA) is 68.1 Å². The first kappa shape index (κ1) is 20.6. The number of fused-ring (bicyclic) bond motifs is 2. The Labute approximate surface area is 191 Å². The molecule has 3 heterocycles. The van der Waals surface area contributed by atoms with Crippen LogP contribution in [0.2, 0.25) is 5.02 Å². The van der Waals surface area contributed by atoms with Gasteiger partial charge >= 0.3 is 6.01 Å². The number of hydrogen-bond donors (Lipinski definition) is 1. The van der Waals surface area contributed by atoms with Crippen LogP contribution in [-0.4, -0.2) is 38.3 Å². The Bertz CT molecular complexity index is 1050. The molecule has 164 valence electrons. The van der Waals surface area contributed by atoms with E-state index in [9.17, 15) is 0 Å². The van der Waals surface area contributed by atoms with Crippen LogP contribution >= 0.6 is 23.1 Å². The Hall–Kier alpha value is -2.32. The molecule has 31 heavy (non-hydrogen) atoms. The third-order valence-electron chi connectivity index (χ3n) is 6.18. The first-order chi connectivity index (χ1) is 15.0. The third kappa shape index (κ3) is 4.11. The van der Waals surface area contributed by atoms with E-state index in [1.54, 1.807) is 11.5 Å². The molecule has 1 N–H and O–H groups in total. The van der Waals surface area contributed by atoms with Gasteiger partial charge in [0.05, 0.1) is 16.8 Å². The molecule has 2 bridgehead atoms. The molecule has 1 saturated heterocycles. The monoisotopic (exact) mass is 458 g/mol. The molecule has 7 nitrogen and oxygen atoms in total. The number of aromatic nitrogens is 4. The maximum absolute atomic E-state index is 6.27. The summed E-state index contributed by atoms with van der Waals surface area (Å²) in [7, 11) is 0. The number of nitrogens with zero attached hydrogens (tertiary/aromatic N) is 5. The molecule has 1 aliphatic carbocycles. The van der Waals surface area contributed by atoms with Gasteiger partial charge in [-0.1, -0.05) is 23.7 Å². The van der Waals surface area contributed by atoms with Crippen molar-refractivity contribution in [3.63, 3.8) is 0 Å². The van der Waals surface area contributed by atoms with Crippen molar-refractivity contribution >= 4 is 34.1 Å². The van der Waals surface area contributed by atoms with Crippen LogP contribution in [0.4, 0.5) is 10.9 Å². The fourth-order valence-corrected chi connectivity index (χ4v) is 5.64. The highest BCUT2D eigenvalue weighted by Crippen LogP contribution is 2.41. The minimum absolute atomic E-state index is 0.119. The predicted octanol–water partition coefficient (Wildman–Crippen LogP) is 5.40. The zero-order valence-corrected chi connectivity index (χ0v) is 19.5. The lowest BCUT2D eigenvalue weighted by Gasteiger charge is -2.38. The predicted molar refractivity (Wildman–Crippen MR) is 125 cm³/mol. The second-order valence-electron chi connectivity index (χ2n) is 8.77. The number of rotatable bonds is 6. The van der Waals surface area contributed by atoms with Crippen LogP contribution in [0.1, 0.15) is 38.4 Å². The lowest BCUT2D eigenvalue weighted by Crippen LogP contribution is -2.48. The molecule has 2 aliphatic rings. The third-order valence-corrected chi connectivity index (χ3v) is 7.44. The van der Waals surface area contributed by atoms with E-state index in [0.29, 0.717) is 40.6 Å². The Balaban J connectivity index is 1.33. The number of benzene rings is 1. The Kier molecular flexibility index (Phi) is 5.52. The first-order valence-corrected chi connectivity index (χ1v) is 12.0. The molecule has 5 rings (SSSR count). The first-order valence-electron chi connectivity index (χ1n) is 10.8. The zero-order valence-electron chi connectivity index (χ0n) is 18.0. The number of ether oxygens (including phenoxy) is 1. The lowest BCUT2D eigenvalue weighted by atomic mass is 9.92. The largest absolute Gasteiger partial charge is 0.423 e. The summed E-state index contributed by atoms with van der Waals surface area (Å²) in [5, 5.41) is 10.2. The number of halogens is 1. The van der Waals surface area contributed by atoms with Gasteiger partial charge < -0.3 is 15.0 Å². The molecule has 0 amide bonds. The van der Waals surface area contributed by atoms with Crippen LogP contribution in [0.15, 0.2) is 30.3 Å². The number of piperidine rings is 1. The average Bonchev–Trinajstić information content (AvgIpc) is 3.40. The molecule has 2 atom stereocenters. The van der Waals surface area contributed by atoms with E-state index in [1.165, 1.54) is 17.8 Å². The molecular formula is C22H27ClN6OS. The normalized spacial score (nSPS) is 22.9. The van der Waals surface area contributed by atoms with Gasteiger partial charge in [0.15, 0.2) is 0 Å². The summed E-state index contributed by atoms with van der Waals surface area (Å²) in [6.07, 6.45) is 2.45. The summed E-state index contributed by atoms with van der Waals surface area (Å²) < 4.78 is 12.3. The second-order valence-corrected chi connectivity index (χ2v) is 9.96. The van der Waals surface area contributed by atoms with E-state index in [4.69, 9.17) is 21.4 Å². The molecule has 2 fully saturated rings. The van der Waals surface area contributed by atoms with Crippen molar-refractivity contribution in [2.75, 3.05) is 23.3 Å². The Morgan fingerprint density at radius 3 is 2.58 bits per heavy atom. The van der Waals surface area contributed by atoms with E-state index in [-0.39, 0.29) is 6.04 Å². The van der Waals surface area contributed by atoms with Crippen LogP contribution in [0.5, 0.6) is 11.8 Å². The summed E-state index contributed by atoms with van der Waals surface area (Å²) in [6, 6.07) is 10.6. The van der Waals surface area contributed by atoms with E-state index in [2.05, 4.69) is 46.4 Å². The van der Waals surface area contributed by atoms with E-state index < -0.39 is 0 Å². The van der Waals surface area contributed by atoms with Gasteiger partial charge in [0.1, 0.15) is 10.8 Å². The fourth-order valence-electron chi connectivity index (χ4n) is 4.69. The maximum atomic E-state index is 6.27. The molecule has 3 aromatic rings. The van der Waals surface area contributed by atoms with Crippen molar-refractivity contribution in [3.8, 4) is 11.8 Å². The van der Waals surface area contributed by atoms with Crippen molar-refractivity contribution < 1.29 is 4.74 Å². The summed E-state index contributed by atoms with van der Waals surface area (Å²) >= 11 is 7.88. The van der Waals surface area contributed by atoms with Gasteiger partial charge in [-0.15, -0.1) is 5.10 Å². The number of nitrogens with one attached hydrogen (secondary N) is 1. The van der Waals surface area contributed by atoms with Gasteiger partial charge in [-0.25, -0.2) is 4.68 Å². The zero-order chi connectivity index (χ0) is 21.5. The maximum Gasteiger partial charge on any atom is 0.322 e. The van der Waals surface area contributed by atoms with Crippen LogP contribution in [0.3, 0.4) is 0 Å². The minimum atomic E-state index is 0.119. The quantitative estimate of drug-likeness (QED) is 0.533. The number of anilines is 2. The fraction of sp³-hybridized carbons (Fsp3) is 0.500. The number of hydrogen-bond acceptors (Lipinski definition) is 7. The van der Waals surface area contributed by atoms with Crippen molar-refractivity contribution in [2.45, 2.75) is 45.7 Å². The molecule has 2 unspecified atom stereocenters. The number of aryl methyl sites for hydroxylation is 1. The van der Waals surface area contributed by atoms with Crippen molar-refractivity contribution in [1.29, 1.82) is 0 Å². The lowest BCUT2D eigenvalue weighted by molar-refractivity contribution is 0.375. The van der Waals surface area contributed by atoms with E-state index in [0.717, 1.165) is 18.8 Å². The summed E-state index contributed by atoms with van der Waals surface area (Å²) in [5.74, 6) is 2.35. The molecule has 9 heteroatoms. The summed E-state index contributed by atoms with van der Waals surface area (Å²) in [4.78, 5) is 7.17. The molecule has 1 aliphatic heterocycles. The average molecular weight is 459 g/mol. The molecular weight excluding hydrogens is 432 g/mol. The molecule has 0 spiro atoms. The van der Waals surface area contributed by atoms with Gasteiger partial charge in [0, 0.05) is 19.1 Å². The van der Waals surface area contributed by atoms with Crippen molar-refractivity contribution in [1.82, 2.24) is 19.1 Å². The van der Waals surface area contributed by atoms with Crippen LogP contribution in [0, 0.1) is 18.8 Å². The van der Waals surface area contributed by atoms with E-state index >= 15 is 0 Å². The van der Waals surface area contributed by atoms with Crippen molar-refractivity contribution in [3.05, 3.63) is 41.0 Å². The van der Waals surface area contributed by atoms with Gasteiger partial charge in [-0.3, -0.25) is 0 Å². The highest BCUT2D eigenvalue weighted by atomic mass is 35.5. The standard InChI is InChI=1S/C22H27ClN6OS/c1-13(2)29-22(30-18-7-5-4-6-17(18)23)25-21(26-29)24-20-15-8-9-16(20)12-28(11-15)19-10-14(3)27-31-19/h4-7,10,13,15-16,20H,8-9,11-12H2,1-3H3,(H,24,26).